The van der Waals surface area contributed by atoms with E-state index < -0.39 is 46.9 Å². The van der Waals surface area contributed by atoms with E-state index in [2.05, 4.69) is 15.9 Å². The lowest BCUT2D eigenvalue weighted by molar-refractivity contribution is -0.0846. The lowest BCUT2D eigenvalue weighted by atomic mass is 9.93. The van der Waals surface area contributed by atoms with Crippen LogP contribution in [0.5, 0.6) is 0 Å². The van der Waals surface area contributed by atoms with Crippen LogP contribution in [-0.4, -0.2) is 53.8 Å². The van der Waals surface area contributed by atoms with Crippen molar-refractivity contribution in [1.82, 2.24) is 14.5 Å². The molecule has 1 saturated heterocycles. The third-order valence-corrected chi connectivity index (χ3v) is 4.15. The highest BCUT2D eigenvalue weighted by atomic mass is 35.5. The summed E-state index contributed by atoms with van der Waals surface area (Å²) in [6.45, 7) is 1.33. The normalized spacial score (nSPS) is 30.2. The van der Waals surface area contributed by atoms with Gasteiger partial charge in [-0.25, -0.2) is 4.39 Å². The van der Waals surface area contributed by atoms with Crippen LogP contribution in [0.15, 0.2) is 11.0 Å². The van der Waals surface area contributed by atoms with E-state index in [1.807, 2.05) is 5.38 Å². The molecule has 9 nitrogen and oxygen atoms in total. The molecule has 5 atom stereocenters. The van der Waals surface area contributed by atoms with Crippen LogP contribution in [0, 0.1) is 17.1 Å². The zero-order chi connectivity index (χ0) is 18.5. The van der Waals surface area contributed by atoms with Crippen LogP contribution in [0.25, 0.3) is 11.0 Å². The average Bonchev–Trinajstić information content (AvgIpc) is 2.96. The Hall–Kier alpha value is -2.16. The quantitative estimate of drug-likeness (QED) is 0.425. The number of nitrogens with two attached hydrogens (primary N) is 1. The summed E-state index contributed by atoms with van der Waals surface area (Å²) in [7, 11) is 0. The maximum absolute atomic E-state index is 14.2. The first kappa shape index (κ1) is 17.7. The molecule has 3 heterocycles. The van der Waals surface area contributed by atoms with Crippen LogP contribution in [0.3, 0.4) is 0 Å². The lowest BCUT2D eigenvalue weighted by Gasteiger charge is -2.26. The predicted octanol–water partition coefficient (Wildman–Crippen LogP) is -0.984. The van der Waals surface area contributed by atoms with Gasteiger partial charge in [0.2, 0.25) is 11.5 Å². The van der Waals surface area contributed by atoms with Crippen molar-refractivity contribution in [1.29, 1.82) is 0 Å². The number of aliphatic hydroxyl groups is 3. The van der Waals surface area contributed by atoms with Gasteiger partial charge in [0.25, 0.3) is 5.56 Å². The number of fused-ring (bicyclic) bond motifs is 1. The Balaban J connectivity index is 2.25. The van der Waals surface area contributed by atoms with Crippen molar-refractivity contribution in [3.63, 3.8) is 0 Å². The van der Waals surface area contributed by atoms with Crippen LogP contribution in [0.2, 0.25) is 0 Å². The van der Waals surface area contributed by atoms with E-state index in [9.17, 15) is 24.5 Å². The minimum Gasteiger partial charge on any atom is -0.391 e. The molecule has 0 radical (unpaired) electrons. The molecule has 0 amide bonds. The zero-order valence-corrected chi connectivity index (χ0v) is 13.5. The second-order valence-corrected chi connectivity index (χ2v) is 5.91. The number of anilines is 1. The molecule has 3 rings (SSSR count). The summed E-state index contributed by atoms with van der Waals surface area (Å²) >= 11 is 5.37. The fourth-order valence-electron chi connectivity index (χ4n) is 2.90. The Morgan fingerprint density at radius 2 is 2.32 bits per heavy atom. The van der Waals surface area contributed by atoms with E-state index >= 15 is 0 Å². The lowest BCUT2D eigenvalue weighted by Crippen LogP contribution is -2.47. The number of nitrogens with zero attached hydrogens (tertiary/aromatic N) is 2. The number of ether oxygens (including phenoxy) is 1. The topological polar surface area (TPSA) is 147 Å². The summed E-state index contributed by atoms with van der Waals surface area (Å²) in [4.78, 5) is 17.9. The molecular weight excluding hydrogens is 359 g/mol. The van der Waals surface area contributed by atoms with E-state index in [1.165, 1.54) is 6.92 Å². The van der Waals surface area contributed by atoms with Crippen LogP contribution >= 0.6 is 11.6 Å². The number of H-pyrrole nitrogens is 1. The minimum atomic E-state index is -2.29. The van der Waals surface area contributed by atoms with Gasteiger partial charge in [-0.3, -0.25) is 14.3 Å². The monoisotopic (exact) mass is 372 g/mol. The first-order chi connectivity index (χ1) is 11.7. The summed E-state index contributed by atoms with van der Waals surface area (Å²) in [6.07, 6.45) is -4.74. The van der Waals surface area contributed by atoms with Crippen LogP contribution < -0.4 is 11.3 Å². The summed E-state index contributed by atoms with van der Waals surface area (Å²) in [5.74, 6) is 0.980. The molecule has 0 aromatic carbocycles. The second kappa shape index (κ2) is 5.98. The highest BCUT2D eigenvalue weighted by Crippen LogP contribution is 2.41. The van der Waals surface area contributed by atoms with Gasteiger partial charge in [0.1, 0.15) is 17.6 Å². The minimum absolute atomic E-state index is 0.225. The third kappa shape index (κ3) is 2.57. The Morgan fingerprint density at radius 1 is 1.64 bits per heavy atom. The summed E-state index contributed by atoms with van der Waals surface area (Å²) in [6, 6.07) is 0. The van der Waals surface area contributed by atoms with E-state index in [4.69, 9.17) is 22.1 Å². The van der Waals surface area contributed by atoms with Gasteiger partial charge in [-0.1, -0.05) is 0 Å². The molecule has 1 aliphatic rings. The summed E-state index contributed by atoms with van der Waals surface area (Å²) in [5, 5.41) is 32.4. The highest BCUT2D eigenvalue weighted by Gasteiger charge is 2.57. The molecule has 0 spiro atoms. The summed E-state index contributed by atoms with van der Waals surface area (Å²) < 4.78 is 20.7. The standard InChI is InChI=1S/C14H14ClFN4O5/c1-5(21)8-9(22)14(24,2-3-15)12(25-8)20-4-6(16)7-10(20)18-13(17)19-11(7)23/h4-5,8-9,12,21-22,24H,1H3,(H3,17,18,19,23)/t5-,8?,9-,12+,14+/m0/s1. The third-order valence-electron chi connectivity index (χ3n) is 4.05. The molecule has 134 valence electrons. The van der Waals surface area contributed by atoms with Crippen molar-refractivity contribution >= 4 is 28.6 Å². The van der Waals surface area contributed by atoms with E-state index in [0.717, 1.165) is 10.8 Å². The Kier molecular flexibility index (Phi) is 4.22. The summed E-state index contributed by atoms with van der Waals surface area (Å²) in [5.41, 5.74) is 2.15. The van der Waals surface area contributed by atoms with Crippen molar-refractivity contribution in [2.24, 2.45) is 0 Å². The number of nitrogens with one attached hydrogen (secondary N) is 1. The molecule has 0 bridgehead atoms. The number of aromatic nitrogens is 3. The van der Waals surface area contributed by atoms with Gasteiger partial charge >= 0.3 is 0 Å². The van der Waals surface area contributed by atoms with E-state index in [1.54, 1.807) is 0 Å². The number of rotatable bonds is 2. The van der Waals surface area contributed by atoms with Crippen molar-refractivity contribution in [3.05, 3.63) is 22.4 Å². The van der Waals surface area contributed by atoms with Gasteiger partial charge in [0.15, 0.2) is 17.7 Å². The second-order valence-electron chi connectivity index (χ2n) is 5.72. The molecule has 2 aromatic heterocycles. The van der Waals surface area contributed by atoms with Crippen molar-refractivity contribution in [2.45, 2.75) is 37.1 Å². The zero-order valence-electron chi connectivity index (χ0n) is 12.8. The SMILES string of the molecule is C[C@H](O)C1O[C@@H](n2cc(F)c3c(=O)[nH]c(N)nc32)[C@@](O)(C#CCl)[C@H]1O. The molecule has 1 aliphatic heterocycles. The number of hydrogen-bond donors (Lipinski definition) is 5. The van der Waals surface area contributed by atoms with Crippen LogP contribution in [0.4, 0.5) is 10.3 Å². The van der Waals surface area contributed by atoms with Gasteiger partial charge in [-0.2, -0.15) is 4.98 Å². The smallest absolute Gasteiger partial charge is 0.264 e. The number of aliphatic hydroxyl groups excluding tert-OH is 2. The van der Waals surface area contributed by atoms with Gasteiger partial charge in [-0.15, -0.1) is 0 Å². The maximum atomic E-state index is 14.2. The molecule has 11 heteroatoms. The molecule has 0 saturated carbocycles. The maximum Gasteiger partial charge on any atom is 0.264 e. The molecule has 1 fully saturated rings. The highest BCUT2D eigenvalue weighted by molar-refractivity contribution is 6.30. The van der Waals surface area contributed by atoms with Crippen LogP contribution in [0.1, 0.15) is 13.2 Å². The number of aromatic amines is 1. The first-order valence-electron chi connectivity index (χ1n) is 7.13. The molecule has 2 aromatic rings. The van der Waals surface area contributed by atoms with Gasteiger partial charge in [-0.05, 0) is 24.4 Å². The fraction of sp³-hybridized carbons (Fsp3) is 0.429. The Bertz CT molecular complexity index is 948. The average molecular weight is 373 g/mol. The van der Waals surface area contributed by atoms with E-state index in [0.29, 0.717) is 0 Å². The Labute approximate surface area is 144 Å². The predicted molar refractivity (Wildman–Crippen MR) is 84.9 cm³/mol. The van der Waals surface area contributed by atoms with Crippen LogP contribution in [-0.2, 0) is 4.74 Å². The van der Waals surface area contributed by atoms with Gasteiger partial charge in [0, 0.05) is 11.6 Å². The molecule has 0 aliphatic carbocycles. The van der Waals surface area contributed by atoms with Crippen molar-refractivity contribution in [2.75, 3.05) is 5.73 Å². The molecule has 1 unspecified atom stereocenters. The van der Waals surface area contributed by atoms with E-state index in [-0.39, 0.29) is 11.6 Å². The molecule has 6 N–H and O–H groups in total. The number of halogens is 2. The largest absolute Gasteiger partial charge is 0.391 e. The van der Waals surface area contributed by atoms with Crippen molar-refractivity contribution < 1.29 is 24.4 Å². The molecule has 25 heavy (non-hydrogen) atoms. The number of nitrogen functional groups attached to an aromatic ring is 1. The fourth-order valence-corrected chi connectivity index (χ4v) is 3.05. The Morgan fingerprint density at radius 3 is 2.92 bits per heavy atom. The van der Waals surface area contributed by atoms with Gasteiger partial charge in [0.05, 0.1) is 6.10 Å². The van der Waals surface area contributed by atoms with Gasteiger partial charge < -0.3 is 25.8 Å². The number of hydrogen-bond acceptors (Lipinski definition) is 7. The molecular formula is C14H14ClFN4O5. The first-order valence-corrected chi connectivity index (χ1v) is 7.51. The van der Waals surface area contributed by atoms with Crippen molar-refractivity contribution in [3.8, 4) is 11.3 Å².